The lowest BCUT2D eigenvalue weighted by atomic mass is 10.3. The molecular weight excluding hydrogens is 285 g/mol. The van der Waals surface area contributed by atoms with E-state index in [1.54, 1.807) is 0 Å². The maximum absolute atomic E-state index is 12.0. The first-order valence-corrected chi connectivity index (χ1v) is 4.33. The van der Waals surface area contributed by atoms with E-state index >= 15 is 0 Å². The number of nitrogens with zero attached hydrogens (tertiary/aromatic N) is 2. The summed E-state index contributed by atoms with van der Waals surface area (Å²) in [5, 5.41) is 18.3. The van der Waals surface area contributed by atoms with Crippen LogP contribution >= 0.6 is 11.6 Å². The second-order valence-corrected chi connectivity index (χ2v) is 3.09. The fourth-order valence-corrected chi connectivity index (χ4v) is 1.10. The van der Waals surface area contributed by atoms with Crippen LogP contribution in [0.25, 0.3) is 0 Å². The van der Waals surface area contributed by atoms with Crippen LogP contribution in [0.1, 0.15) is 10.5 Å². The summed E-state index contributed by atoms with van der Waals surface area (Å²) in [5.74, 6) is -3.01. The normalized spacial score (nSPS) is 11.1. The van der Waals surface area contributed by atoms with Crippen molar-refractivity contribution in [1.29, 1.82) is 0 Å². The molecule has 0 saturated carbocycles. The number of aromatic hydroxyl groups is 1. The number of halogens is 4. The molecule has 1 heterocycles. The maximum atomic E-state index is 12.0. The van der Waals surface area contributed by atoms with Gasteiger partial charge < -0.3 is 9.84 Å². The summed E-state index contributed by atoms with van der Waals surface area (Å²) in [6, 6.07) is 0. The van der Waals surface area contributed by atoms with Crippen molar-refractivity contribution in [3.05, 3.63) is 22.0 Å². The average Bonchev–Trinajstić information content (AvgIpc) is 2.17. The fourth-order valence-electron chi connectivity index (χ4n) is 0.965. The molecule has 0 bridgehead atoms. The Balaban J connectivity index is 3.45. The number of pyridine rings is 1. The summed E-state index contributed by atoms with van der Waals surface area (Å²) in [4.78, 5) is 22.9. The first-order valence-electron chi connectivity index (χ1n) is 3.95. The number of carbonyl (C=O) groups is 1. The third-order valence-electron chi connectivity index (χ3n) is 1.59. The van der Waals surface area contributed by atoms with Crippen LogP contribution in [0, 0.1) is 10.1 Å². The molecular formula is C7H2ClF3N2O5. The molecule has 1 aromatic rings. The quantitative estimate of drug-likeness (QED) is 0.517. The van der Waals surface area contributed by atoms with Crippen molar-refractivity contribution < 1.29 is 32.7 Å². The predicted octanol–water partition coefficient (Wildman–Crippen LogP) is 1.97. The highest BCUT2D eigenvalue weighted by atomic mass is 35.5. The zero-order chi connectivity index (χ0) is 14.1. The van der Waals surface area contributed by atoms with Crippen LogP contribution in [0.15, 0.2) is 6.20 Å². The van der Waals surface area contributed by atoms with Gasteiger partial charge in [0.2, 0.25) is 0 Å². The summed E-state index contributed by atoms with van der Waals surface area (Å²) in [6.07, 6.45) is -4.98. The number of carbonyl (C=O) groups excluding carboxylic acids is 1. The minimum atomic E-state index is -5.30. The van der Waals surface area contributed by atoms with Crippen molar-refractivity contribution >= 4 is 22.5 Å². The number of alkyl halides is 3. The Morgan fingerprint density at radius 3 is 2.50 bits per heavy atom. The molecule has 0 amide bonds. The van der Waals surface area contributed by atoms with Gasteiger partial charge in [-0.2, -0.15) is 0 Å². The van der Waals surface area contributed by atoms with Gasteiger partial charge >= 0.3 is 12.0 Å². The number of hydrogen-bond acceptors (Lipinski definition) is 6. The Kier molecular flexibility index (Phi) is 3.60. The largest absolute Gasteiger partial charge is 0.573 e. The average molecular weight is 287 g/mol. The monoisotopic (exact) mass is 286 g/mol. The van der Waals surface area contributed by atoms with Gasteiger partial charge in [-0.3, -0.25) is 14.9 Å². The molecule has 11 heteroatoms. The smallest absolute Gasteiger partial charge is 0.502 e. The molecule has 0 atom stereocenters. The SMILES string of the molecule is O=C(Cl)c1ncc([N+](=O)[O-])c(OC(F)(F)F)c1O. The highest BCUT2D eigenvalue weighted by molar-refractivity contribution is 6.67. The summed E-state index contributed by atoms with van der Waals surface area (Å²) in [6.45, 7) is 0. The maximum Gasteiger partial charge on any atom is 0.573 e. The number of ether oxygens (including phenoxy) is 1. The van der Waals surface area contributed by atoms with E-state index < -0.39 is 39.4 Å². The van der Waals surface area contributed by atoms with Crippen molar-refractivity contribution in [2.75, 3.05) is 0 Å². The van der Waals surface area contributed by atoms with Gasteiger partial charge in [-0.1, -0.05) is 0 Å². The van der Waals surface area contributed by atoms with Crippen LogP contribution in [0.4, 0.5) is 18.9 Å². The van der Waals surface area contributed by atoms with Gasteiger partial charge in [0.05, 0.1) is 4.92 Å². The lowest BCUT2D eigenvalue weighted by Gasteiger charge is -2.11. The van der Waals surface area contributed by atoms with Crippen molar-refractivity contribution in [2.45, 2.75) is 6.36 Å². The second kappa shape index (κ2) is 4.64. The van der Waals surface area contributed by atoms with Gasteiger partial charge in [-0.25, -0.2) is 4.98 Å². The summed E-state index contributed by atoms with van der Waals surface area (Å²) in [7, 11) is 0. The summed E-state index contributed by atoms with van der Waals surface area (Å²) in [5.41, 5.74) is -2.24. The molecule has 7 nitrogen and oxygen atoms in total. The Labute approximate surface area is 101 Å². The molecule has 0 aliphatic rings. The molecule has 0 spiro atoms. The highest BCUT2D eigenvalue weighted by Crippen LogP contribution is 2.40. The Hall–Kier alpha value is -2.10. The van der Waals surface area contributed by atoms with E-state index in [1.165, 1.54) is 0 Å². The van der Waals surface area contributed by atoms with E-state index in [2.05, 4.69) is 9.72 Å². The zero-order valence-corrected chi connectivity index (χ0v) is 8.82. The molecule has 0 unspecified atom stereocenters. The van der Waals surface area contributed by atoms with E-state index in [0.717, 1.165) is 0 Å². The van der Waals surface area contributed by atoms with Crippen LogP contribution in [-0.2, 0) is 0 Å². The molecule has 1 aromatic heterocycles. The lowest BCUT2D eigenvalue weighted by Crippen LogP contribution is -2.18. The van der Waals surface area contributed by atoms with Gasteiger partial charge in [-0.15, -0.1) is 13.2 Å². The molecule has 0 aliphatic heterocycles. The molecule has 0 radical (unpaired) electrons. The number of nitro groups is 1. The minimum absolute atomic E-state index is 0.316. The number of rotatable bonds is 3. The van der Waals surface area contributed by atoms with E-state index in [4.69, 9.17) is 11.6 Å². The molecule has 0 fully saturated rings. The van der Waals surface area contributed by atoms with Crippen LogP contribution in [0.2, 0.25) is 0 Å². The summed E-state index contributed by atoms with van der Waals surface area (Å²) >= 11 is 4.92. The van der Waals surface area contributed by atoms with Crippen LogP contribution < -0.4 is 4.74 Å². The Morgan fingerprint density at radius 2 is 2.11 bits per heavy atom. The summed E-state index contributed by atoms with van der Waals surface area (Å²) < 4.78 is 39.3. The molecule has 1 N–H and O–H groups in total. The van der Waals surface area contributed by atoms with Gasteiger partial charge in [0.25, 0.3) is 11.0 Å². The molecule has 98 valence electrons. The molecule has 0 aromatic carbocycles. The van der Waals surface area contributed by atoms with Gasteiger partial charge in [0.1, 0.15) is 6.20 Å². The zero-order valence-electron chi connectivity index (χ0n) is 8.06. The number of hydrogen-bond donors (Lipinski definition) is 1. The third kappa shape index (κ3) is 2.97. The van der Waals surface area contributed by atoms with E-state index in [0.29, 0.717) is 6.20 Å². The lowest BCUT2D eigenvalue weighted by molar-refractivity contribution is -0.389. The fraction of sp³-hybridized carbons (Fsp3) is 0.143. The van der Waals surface area contributed by atoms with Crippen molar-refractivity contribution in [3.8, 4) is 11.5 Å². The Morgan fingerprint density at radius 1 is 1.56 bits per heavy atom. The molecule has 1 rings (SSSR count). The van der Waals surface area contributed by atoms with Gasteiger partial charge in [0.15, 0.2) is 11.4 Å². The van der Waals surface area contributed by atoms with Crippen LogP contribution in [0.5, 0.6) is 11.5 Å². The minimum Gasteiger partial charge on any atom is -0.502 e. The highest BCUT2D eigenvalue weighted by Gasteiger charge is 2.38. The topological polar surface area (TPSA) is 103 Å². The molecule has 0 saturated heterocycles. The van der Waals surface area contributed by atoms with Crippen molar-refractivity contribution in [2.24, 2.45) is 0 Å². The Bertz CT molecular complexity index is 519. The first-order chi connectivity index (χ1) is 8.13. The standard InChI is InChI=1S/C7H2ClF3N2O5/c8-6(15)3-4(14)5(18-7(9,10)11)2(1-12-3)13(16)17/h1,14H. The molecule has 0 aliphatic carbocycles. The number of aromatic nitrogens is 1. The van der Waals surface area contributed by atoms with Crippen molar-refractivity contribution in [3.63, 3.8) is 0 Å². The van der Waals surface area contributed by atoms with Crippen LogP contribution in [-0.4, -0.2) is 26.6 Å². The molecule has 18 heavy (non-hydrogen) atoms. The predicted molar refractivity (Wildman–Crippen MR) is 49.4 cm³/mol. The van der Waals surface area contributed by atoms with E-state index in [1.807, 2.05) is 0 Å². The van der Waals surface area contributed by atoms with Gasteiger partial charge in [-0.05, 0) is 11.6 Å². The second-order valence-electron chi connectivity index (χ2n) is 2.75. The van der Waals surface area contributed by atoms with Crippen LogP contribution in [0.3, 0.4) is 0 Å². The third-order valence-corrected chi connectivity index (χ3v) is 1.77. The van der Waals surface area contributed by atoms with E-state index in [9.17, 15) is 33.2 Å². The van der Waals surface area contributed by atoms with Crippen molar-refractivity contribution in [1.82, 2.24) is 4.98 Å². The first kappa shape index (κ1) is 14.0. The van der Waals surface area contributed by atoms with Gasteiger partial charge in [0, 0.05) is 0 Å². The van der Waals surface area contributed by atoms with E-state index in [-0.39, 0.29) is 0 Å².